The number of anilines is 1. The number of hydrogen-bond donors (Lipinski definition) is 0. The van der Waals surface area contributed by atoms with Crippen molar-refractivity contribution in [3.05, 3.63) is 77.9 Å². The van der Waals surface area contributed by atoms with E-state index < -0.39 is 0 Å². The predicted octanol–water partition coefficient (Wildman–Crippen LogP) is 2.93. The van der Waals surface area contributed by atoms with E-state index in [0.29, 0.717) is 12.1 Å². The number of aryl methyl sites for hydroxylation is 1. The summed E-state index contributed by atoms with van der Waals surface area (Å²) in [7, 11) is 0. The molecule has 1 heterocycles. The normalized spacial score (nSPS) is 10.2. The van der Waals surface area contributed by atoms with Crippen LogP contribution in [0, 0.1) is 18.3 Å². The minimum absolute atomic E-state index is 0.641. The molecule has 0 atom stereocenters. The van der Waals surface area contributed by atoms with E-state index in [0.717, 1.165) is 5.69 Å². The van der Waals surface area contributed by atoms with Crippen molar-refractivity contribution in [2.24, 2.45) is 0 Å². The molecule has 5 heteroatoms. The summed E-state index contributed by atoms with van der Waals surface area (Å²) in [4.78, 5) is 0. The molecule has 2 aromatic carbocycles. The zero-order chi connectivity index (χ0) is 15.4. The third-order valence-electron chi connectivity index (χ3n) is 3.43. The largest absolute Gasteiger partial charge is 0.274 e. The molecule has 3 rings (SSSR count). The summed E-state index contributed by atoms with van der Waals surface area (Å²) < 4.78 is 1.83. The van der Waals surface area contributed by atoms with E-state index in [1.165, 1.54) is 11.1 Å². The molecule has 0 unspecified atom stereocenters. The second-order valence-corrected chi connectivity index (χ2v) is 5.04. The number of aromatic nitrogens is 3. The molecule has 0 aliphatic rings. The smallest absolute Gasteiger partial charge is 0.139 e. The highest BCUT2D eigenvalue weighted by Gasteiger charge is 2.10. The van der Waals surface area contributed by atoms with Gasteiger partial charge >= 0.3 is 0 Å². The Bertz CT molecular complexity index is 767. The van der Waals surface area contributed by atoms with Crippen LogP contribution in [0.5, 0.6) is 0 Å². The molecule has 0 spiro atoms. The van der Waals surface area contributed by atoms with Crippen LogP contribution in [0.4, 0.5) is 5.69 Å². The number of rotatable bonds is 4. The molecular formula is C17H15N5. The van der Waals surface area contributed by atoms with Crippen molar-refractivity contribution in [2.75, 3.05) is 5.01 Å². The molecule has 0 radical (unpaired) electrons. The Morgan fingerprint density at radius 2 is 1.64 bits per heavy atom. The van der Waals surface area contributed by atoms with Gasteiger partial charge in [-0.3, -0.25) is 5.01 Å². The van der Waals surface area contributed by atoms with Gasteiger partial charge in [-0.2, -0.15) is 5.26 Å². The van der Waals surface area contributed by atoms with E-state index in [2.05, 4.69) is 47.5 Å². The average Bonchev–Trinajstić information content (AvgIpc) is 3.09. The van der Waals surface area contributed by atoms with Gasteiger partial charge in [0.2, 0.25) is 0 Å². The average molecular weight is 289 g/mol. The number of nitriles is 1. The molecule has 0 fully saturated rings. The standard InChI is InChI=1S/C17H15N5/c1-14-2-4-16(5-3-14)11-22(21-12-19-20-13-21)17-8-6-15(10-18)7-9-17/h2-9,12-13H,11H2,1H3. The Morgan fingerprint density at radius 1 is 1.00 bits per heavy atom. The second-order valence-electron chi connectivity index (χ2n) is 5.04. The van der Waals surface area contributed by atoms with Crippen LogP contribution in [-0.2, 0) is 6.54 Å². The van der Waals surface area contributed by atoms with Crippen molar-refractivity contribution < 1.29 is 0 Å². The first-order valence-electron chi connectivity index (χ1n) is 6.94. The Kier molecular flexibility index (Phi) is 3.84. The number of hydrogen-bond acceptors (Lipinski definition) is 4. The van der Waals surface area contributed by atoms with Crippen LogP contribution in [0.1, 0.15) is 16.7 Å². The zero-order valence-corrected chi connectivity index (χ0v) is 12.2. The number of benzene rings is 2. The van der Waals surface area contributed by atoms with Crippen LogP contribution in [0.2, 0.25) is 0 Å². The Morgan fingerprint density at radius 3 is 2.23 bits per heavy atom. The van der Waals surface area contributed by atoms with E-state index in [1.807, 2.05) is 34.0 Å². The van der Waals surface area contributed by atoms with E-state index in [4.69, 9.17) is 5.26 Å². The SMILES string of the molecule is Cc1ccc(CN(c2ccc(C#N)cc2)n2cnnc2)cc1. The van der Waals surface area contributed by atoms with Crippen LogP contribution in [0.25, 0.3) is 0 Å². The van der Waals surface area contributed by atoms with Gasteiger partial charge in [0.15, 0.2) is 0 Å². The lowest BCUT2D eigenvalue weighted by atomic mass is 10.1. The fourth-order valence-corrected chi connectivity index (χ4v) is 2.20. The van der Waals surface area contributed by atoms with Crippen molar-refractivity contribution >= 4 is 5.69 Å². The van der Waals surface area contributed by atoms with Gasteiger partial charge in [-0.05, 0) is 36.8 Å². The summed E-state index contributed by atoms with van der Waals surface area (Å²) in [5.41, 5.74) is 4.03. The first kappa shape index (κ1) is 13.8. The highest BCUT2D eigenvalue weighted by molar-refractivity contribution is 5.49. The lowest BCUT2D eigenvalue weighted by Crippen LogP contribution is -2.27. The summed E-state index contributed by atoms with van der Waals surface area (Å²) in [5.74, 6) is 0. The minimum Gasteiger partial charge on any atom is -0.274 e. The maximum absolute atomic E-state index is 8.92. The van der Waals surface area contributed by atoms with E-state index in [9.17, 15) is 0 Å². The third kappa shape index (κ3) is 2.96. The monoisotopic (exact) mass is 289 g/mol. The molecule has 0 amide bonds. The van der Waals surface area contributed by atoms with Crippen LogP contribution in [0.3, 0.4) is 0 Å². The molecule has 1 aromatic heterocycles. The lowest BCUT2D eigenvalue weighted by Gasteiger charge is -2.25. The maximum Gasteiger partial charge on any atom is 0.139 e. The summed E-state index contributed by atoms with van der Waals surface area (Å²) in [6.07, 6.45) is 3.32. The van der Waals surface area contributed by atoms with E-state index in [-0.39, 0.29) is 0 Å². The van der Waals surface area contributed by atoms with Gasteiger partial charge in [0.25, 0.3) is 0 Å². The molecule has 0 saturated heterocycles. The van der Waals surface area contributed by atoms with Gasteiger partial charge in [-0.15, -0.1) is 10.2 Å². The van der Waals surface area contributed by atoms with Gasteiger partial charge in [0.1, 0.15) is 12.7 Å². The molecule has 0 aliphatic carbocycles. The van der Waals surface area contributed by atoms with Gasteiger partial charge in [-0.25, -0.2) is 4.68 Å². The van der Waals surface area contributed by atoms with Gasteiger partial charge < -0.3 is 0 Å². The van der Waals surface area contributed by atoms with Crippen molar-refractivity contribution in [1.82, 2.24) is 14.9 Å². The summed E-state index contributed by atoms with van der Waals surface area (Å²) in [6.45, 7) is 2.76. The second kappa shape index (κ2) is 6.10. The summed E-state index contributed by atoms with van der Waals surface area (Å²) in [5, 5.41) is 18.7. The molecule has 0 N–H and O–H groups in total. The lowest BCUT2D eigenvalue weighted by molar-refractivity contribution is 0.685. The quantitative estimate of drug-likeness (QED) is 0.741. The molecule has 0 aliphatic heterocycles. The molecule has 22 heavy (non-hydrogen) atoms. The van der Waals surface area contributed by atoms with Gasteiger partial charge in [0.05, 0.1) is 23.9 Å². The molecule has 108 valence electrons. The van der Waals surface area contributed by atoms with E-state index >= 15 is 0 Å². The zero-order valence-electron chi connectivity index (χ0n) is 12.2. The summed E-state index contributed by atoms with van der Waals surface area (Å²) >= 11 is 0. The minimum atomic E-state index is 0.641. The van der Waals surface area contributed by atoms with E-state index in [1.54, 1.807) is 12.7 Å². The number of nitrogens with zero attached hydrogens (tertiary/aromatic N) is 5. The van der Waals surface area contributed by atoms with Gasteiger partial charge in [-0.1, -0.05) is 29.8 Å². The third-order valence-corrected chi connectivity index (χ3v) is 3.43. The van der Waals surface area contributed by atoms with Crippen LogP contribution >= 0.6 is 0 Å². The van der Waals surface area contributed by atoms with Gasteiger partial charge in [0, 0.05) is 0 Å². The Hall–Kier alpha value is -3.13. The molecule has 5 nitrogen and oxygen atoms in total. The predicted molar refractivity (Wildman–Crippen MR) is 83.9 cm³/mol. The fourth-order valence-electron chi connectivity index (χ4n) is 2.20. The van der Waals surface area contributed by atoms with Crippen molar-refractivity contribution in [3.63, 3.8) is 0 Å². The summed E-state index contributed by atoms with van der Waals surface area (Å²) in [6, 6.07) is 18.0. The highest BCUT2D eigenvalue weighted by Crippen LogP contribution is 2.19. The fraction of sp³-hybridized carbons (Fsp3) is 0.118. The molecule has 3 aromatic rings. The topological polar surface area (TPSA) is 57.7 Å². The Balaban J connectivity index is 1.93. The van der Waals surface area contributed by atoms with Crippen LogP contribution in [0.15, 0.2) is 61.2 Å². The first-order chi connectivity index (χ1) is 10.8. The van der Waals surface area contributed by atoms with Crippen molar-refractivity contribution in [2.45, 2.75) is 13.5 Å². The van der Waals surface area contributed by atoms with Crippen LogP contribution in [-0.4, -0.2) is 14.9 Å². The molecule has 0 saturated carbocycles. The van der Waals surface area contributed by atoms with Crippen molar-refractivity contribution in [1.29, 1.82) is 5.26 Å². The molecule has 0 bridgehead atoms. The van der Waals surface area contributed by atoms with Crippen LogP contribution < -0.4 is 5.01 Å². The molecular weight excluding hydrogens is 274 g/mol. The van der Waals surface area contributed by atoms with Crippen molar-refractivity contribution in [3.8, 4) is 6.07 Å². The highest BCUT2D eigenvalue weighted by atomic mass is 15.6. The maximum atomic E-state index is 8.92. The first-order valence-corrected chi connectivity index (χ1v) is 6.94. The Labute approximate surface area is 129 Å².